The number of nitrogens with one attached hydrogen (secondary N) is 1. The van der Waals surface area contributed by atoms with Crippen molar-refractivity contribution in [3.05, 3.63) is 28.3 Å². The fourth-order valence-electron chi connectivity index (χ4n) is 2.76. The van der Waals surface area contributed by atoms with E-state index < -0.39 is 0 Å². The Bertz CT molecular complexity index is 555. The molecule has 1 aliphatic heterocycles. The van der Waals surface area contributed by atoms with Gasteiger partial charge in [-0.25, -0.2) is 0 Å². The summed E-state index contributed by atoms with van der Waals surface area (Å²) in [6, 6.07) is 3.76. The maximum atomic E-state index is 12.2. The second-order valence-corrected chi connectivity index (χ2v) is 6.63. The van der Waals surface area contributed by atoms with E-state index in [-0.39, 0.29) is 18.2 Å². The molecule has 0 atom stereocenters. The Hall–Kier alpha value is -1.55. The molecule has 5 heteroatoms. The van der Waals surface area contributed by atoms with Crippen LogP contribution >= 0.6 is 11.6 Å². The maximum Gasteiger partial charge on any atom is 0.233 e. The smallest absolute Gasteiger partial charge is 0.233 e. The number of hydrogen-bond acceptors (Lipinski definition) is 2. The molecule has 1 aromatic carbocycles. The number of hydrogen-bond donors (Lipinski definition) is 1. The molecule has 1 aliphatic rings. The van der Waals surface area contributed by atoms with Crippen molar-refractivity contribution in [1.82, 2.24) is 4.90 Å². The van der Waals surface area contributed by atoms with E-state index in [1.165, 1.54) is 0 Å². The largest absolute Gasteiger partial charge is 0.342 e. The van der Waals surface area contributed by atoms with Crippen LogP contribution in [-0.2, 0) is 9.59 Å². The van der Waals surface area contributed by atoms with E-state index in [0.29, 0.717) is 16.6 Å². The van der Waals surface area contributed by atoms with Crippen molar-refractivity contribution in [2.45, 2.75) is 40.0 Å². The predicted molar refractivity (Wildman–Crippen MR) is 89.2 cm³/mol. The molecule has 120 valence electrons. The molecule has 1 heterocycles. The summed E-state index contributed by atoms with van der Waals surface area (Å²) < 4.78 is 0. The summed E-state index contributed by atoms with van der Waals surface area (Å²) in [6.07, 6.45) is 1.89. The van der Waals surface area contributed by atoms with Crippen molar-refractivity contribution < 1.29 is 9.59 Å². The van der Waals surface area contributed by atoms with Gasteiger partial charge in [0.15, 0.2) is 0 Å². The molecule has 0 unspecified atom stereocenters. The number of carbonyl (C=O) groups excluding carboxylic acids is 2. The van der Waals surface area contributed by atoms with Crippen LogP contribution in [-0.4, -0.2) is 29.8 Å². The van der Waals surface area contributed by atoms with Crippen LogP contribution in [0.2, 0.25) is 5.02 Å². The van der Waals surface area contributed by atoms with E-state index in [9.17, 15) is 9.59 Å². The lowest BCUT2D eigenvalue weighted by Crippen LogP contribution is -2.39. The molecule has 1 fully saturated rings. The fourth-order valence-corrected chi connectivity index (χ4v) is 3.13. The number of nitrogens with zero attached hydrogens (tertiary/aromatic N) is 1. The van der Waals surface area contributed by atoms with Gasteiger partial charge in [0, 0.05) is 13.1 Å². The quantitative estimate of drug-likeness (QED) is 0.865. The topological polar surface area (TPSA) is 49.4 Å². The van der Waals surface area contributed by atoms with Crippen molar-refractivity contribution in [2.24, 2.45) is 5.92 Å². The second-order valence-electron chi connectivity index (χ2n) is 6.23. The van der Waals surface area contributed by atoms with Gasteiger partial charge >= 0.3 is 0 Å². The Balaban J connectivity index is 1.94. The zero-order valence-electron chi connectivity index (χ0n) is 13.4. The van der Waals surface area contributed by atoms with Gasteiger partial charge in [0.05, 0.1) is 10.7 Å². The Morgan fingerprint density at radius 3 is 2.50 bits per heavy atom. The van der Waals surface area contributed by atoms with E-state index >= 15 is 0 Å². The summed E-state index contributed by atoms with van der Waals surface area (Å²) in [6.45, 7) is 7.53. The molecule has 2 amide bonds. The first-order valence-corrected chi connectivity index (χ1v) is 8.09. The Kier molecular flexibility index (Phi) is 5.46. The lowest BCUT2D eigenvalue weighted by atomic mass is 9.99. The van der Waals surface area contributed by atoms with Gasteiger partial charge in [0.25, 0.3) is 0 Å². The highest BCUT2D eigenvalue weighted by atomic mass is 35.5. The van der Waals surface area contributed by atoms with Crippen LogP contribution in [0.25, 0.3) is 0 Å². The average Bonchev–Trinajstić information content (AvgIpc) is 2.43. The third kappa shape index (κ3) is 4.23. The van der Waals surface area contributed by atoms with Crippen LogP contribution in [0.1, 0.15) is 37.3 Å². The van der Waals surface area contributed by atoms with Crippen LogP contribution in [0.4, 0.5) is 5.69 Å². The van der Waals surface area contributed by atoms with Gasteiger partial charge in [-0.3, -0.25) is 9.59 Å². The van der Waals surface area contributed by atoms with Gasteiger partial charge < -0.3 is 10.2 Å². The summed E-state index contributed by atoms with van der Waals surface area (Å²) in [7, 11) is 0. The van der Waals surface area contributed by atoms with Crippen molar-refractivity contribution in [3.63, 3.8) is 0 Å². The summed E-state index contributed by atoms with van der Waals surface area (Å²) in [5.74, 6) is 0.245. The number of benzene rings is 1. The molecule has 0 saturated carbocycles. The molecule has 1 aromatic rings. The summed E-state index contributed by atoms with van der Waals surface area (Å²) in [4.78, 5) is 26.0. The molecule has 1 saturated heterocycles. The third-order valence-electron chi connectivity index (χ3n) is 4.14. The van der Waals surface area contributed by atoms with E-state index in [1.54, 1.807) is 11.0 Å². The maximum absolute atomic E-state index is 12.2. The Morgan fingerprint density at radius 1 is 1.27 bits per heavy atom. The molecule has 0 spiro atoms. The first-order valence-electron chi connectivity index (χ1n) is 7.71. The summed E-state index contributed by atoms with van der Waals surface area (Å²) in [5.41, 5.74) is 2.54. The lowest BCUT2D eigenvalue weighted by molar-refractivity contribution is -0.135. The van der Waals surface area contributed by atoms with Crippen LogP contribution < -0.4 is 5.32 Å². The van der Waals surface area contributed by atoms with E-state index in [1.807, 2.05) is 19.9 Å². The average molecular weight is 323 g/mol. The highest BCUT2D eigenvalue weighted by Gasteiger charge is 2.22. The second kappa shape index (κ2) is 7.14. The number of rotatable bonds is 3. The van der Waals surface area contributed by atoms with Crippen LogP contribution in [0, 0.1) is 19.8 Å². The Labute approximate surface area is 136 Å². The molecular weight excluding hydrogens is 300 g/mol. The van der Waals surface area contributed by atoms with Gasteiger partial charge in [0.2, 0.25) is 11.8 Å². The molecule has 0 aliphatic carbocycles. The molecule has 0 aromatic heterocycles. The minimum absolute atomic E-state index is 0.106. The monoisotopic (exact) mass is 322 g/mol. The van der Waals surface area contributed by atoms with Crippen molar-refractivity contribution in [2.75, 3.05) is 18.4 Å². The van der Waals surface area contributed by atoms with Gasteiger partial charge in [-0.2, -0.15) is 0 Å². The standard InChI is InChI=1S/C17H23ClN2O2/c1-11-4-6-20(7-5-11)16(22)10-15(21)19-17-13(3)8-12(2)9-14(17)18/h8-9,11H,4-7,10H2,1-3H3,(H,19,21). The molecule has 0 radical (unpaired) electrons. The van der Waals surface area contributed by atoms with Gasteiger partial charge in [-0.05, 0) is 49.8 Å². The Morgan fingerprint density at radius 2 is 1.91 bits per heavy atom. The number of carbonyl (C=O) groups is 2. The van der Waals surface area contributed by atoms with Gasteiger partial charge in [-0.15, -0.1) is 0 Å². The molecule has 22 heavy (non-hydrogen) atoms. The number of amides is 2. The SMILES string of the molecule is Cc1cc(C)c(NC(=O)CC(=O)N2CCC(C)CC2)c(Cl)c1. The molecular formula is C17H23ClN2O2. The zero-order valence-corrected chi connectivity index (χ0v) is 14.2. The predicted octanol–water partition coefficient (Wildman–Crippen LogP) is 3.54. The number of aryl methyl sites for hydroxylation is 2. The number of likely N-dealkylation sites (tertiary alicyclic amines) is 1. The lowest BCUT2D eigenvalue weighted by Gasteiger charge is -2.30. The summed E-state index contributed by atoms with van der Waals surface area (Å²) >= 11 is 6.17. The van der Waals surface area contributed by atoms with Crippen LogP contribution in [0.5, 0.6) is 0 Å². The highest BCUT2D eigenvalue weighted by Crippen LogP contribution is 2.27. The first kappa shape index (κ1) is 16.8. The summed E-state index contributed by atoms with van der Waals surface area (Å²) in [5, 5.41) is 3.27. The molecule has 0 bridgehead atoms. The zero-order chi connectivity index (χ0) is 16.3. The van der Waals surface area contributed by atoms with Gasteiger partial charge in [-0.1, -0.05) is 24.6 Å². The normalized spacial score (nSPS) is 15.7. The molecule has 2 rings (SSSR count). The number of piperidine rings is 1. The van der Waals surface area contributed by atoms with Crippen LogP contribution in [0.15, 0.2) is 12.1 Å². The fraction of sp³-hybridized carbons (Fsp3) is 0.529. The highest BCUT2D eigenvalue weighted by molar-refractivity contribution is 6.34. The van der Waals surface area contributed by atoms with E-state index in [0.717, 1.165) is 37.1 Å². The minimum Gasteiger partial charge on any atom is -0.342 e. The number of halogens is 1. The van der Waals surface area contributed by atoms with Crippen molar-refractivity contribution in [1.29, 1.82) is 0 Å². The van der Waals surface area contributed by atoms with Crippen molar-refractivity contribution >= 4 is 29.1 Å². The van der Waals surface area contributed by atoms with Crippen molar-refractivity contribution in [3.8, 4) is 0 Å². The first-order chi connectivity index (χ1) is 10.4. The molecule has 1 N–H and O–H groups in total. The van der Waals surface area contributed by atoms with E-state index in [4.69, 9.17) is 11.6 Å². The molecule has 4 nitrogen and oxygen atoms in total. The third-order valence-corrected chi connectivity index (χ3v) is 4.44. The number of anilines is 1. The van der Waals surface area contributed by atoms with Crippen LogP contribution in [0.3, 0.4) is 0 Å². The minimum atomic E-state index is -0.308. The van der Waals surface area contributed by atoms with E-state index in [2.05, 4.69) is 12.2 Å². The van der Waals surface area contributed by atoms with Gasteiger partial charge in [0.1, 0.15) is 6.42 Å².